The van der Waals surface area contributed by atoms with Crippen molar-refractivity contribution in [2.45, 2.75) is 38.3 Å². The SMILES string of the molecule is CCCn1ncc(Cl)c1C(NC)C(C(F)(F)F)C(F)(F)F. The van der Waals surface area contributed by atoms with Crippen LogP contribution in [0.3, 0.4) is 0 Å². The van der Waals surface area contributed by atoms with Crippen LogP contribution in [0.25, 0.3) is 0 Å². The average molecular weight is 338 g/mol. The highest BCUT2D eigenvalue weighted by molar-refractivity contribution is 6.31. The number of aromatic nitrogens is 2. The Labute approximate surface area is 122 Å². The molecule has 0 fully saturated rings. The van der Waals surface area contributed by atoms with Crippen molar-refractivity contribution in [1.29, 1.82) is 0 Å². The fraction of sp³-hybridized carbons (Fsp3) is 0.727. The maximum Gasteiger partial charge on any atom is 0.402 e. The Morgan fingerprint density at radius 2 is 1.76 bits per heavy atom. The third-order valence-corrected chi connectivity index (χ3v) is 3.20. The molecule has 21 heavy (non-hydrogen) atoms. The lowest BCUT2D eigenvalue weighted by Gasteiger charge is -2.31. The van der Waals surface area contributed by atoms with Crippen LogP contribution in [0.5, 0.6) is 0 Å². The van der Waals surface area contributed by atoms with E-state index in [1.54, 1.807) is 6.92 Å². The van der Waals surface area contributed by atoms with Crippen LogP contribution in [-0.4, -0.2) is 29.2 Å². The fourth-order valence-corrected chi connectivity index (χ4v) is 2.35. The third kappa shape index (κ3) is 4.03. The first-order valence-electron chi connectivity index (χ1n) is 6.05. The van der Waals surface area contributed by atoms with Gasteiger partial charge in [0.05, 0.1) is 23.0 Å². The Morgan fingerprint density at radius 3 is 2.14 bits per heavy atom. The number of hydrogen-bond donors (Lipinski definition) is 1. The van der Waals surface area contributed by atoms with E-state index in [4.69, 9.17) is 11.6 Å². The van der Waals surface area contributed by atoms with Crippen molar-refractivity contribution >= 4 is 11.6 Å². The van der Waals surface area contributed by atoms with E-state index >= 15 is 0 Å². The average Bonchev–Trinajstić information content (AvgIpc) is 2.65. The van der Waals surface area contributed by atoms with Crippen LogP contribution in [0.2, 0.25) is 5.02 Å². The van der Waals surface area contributed by atoms with Gasteiger partial charge in [-0.25, -0.2) is 0 Å². The summed E-state index contributed by atoms with van der Waals surface area (Å²) in [6.07, 6.45) is -9.39. The highest BCUT2D eigenvalue weighted by atomic mass is 35.5. The summed E-state index contributed by atoms with van der Waals surface area (Å²) in [5, 5.41) is 5.57. The molecule has 0 aliphatic heterocycles. The maximum atomic E-state index is 12.9. The van der Waals surface area contributed by atoms with Crippen LogP contribution >= 0.6 is 11.6 Å². The van der Waals surface area contributed by atoms with Gasteiger partial charge in [0, 0.05) is 6.54 Å². The van der Waals surface area contributed by atoms with Crippen molar-refractivity contribution in [2.75, 3.05) is 7.05 Å². The zero-order chi connectivity index (χ0) is 16.4. The molecule has 0 spiro atoms. The Bertz CT molecular complexity index is 454. The number of nitrogens with one attached hydrogen (secondary N) is 1. The molecule has 0 saturated heterocycles. The van der Waals surface area contributed by atoms with E-state index in [-0.39, 0.29) is 17.3 Å². The van der Waals surface area contributed by atoms with Gasteiger partial charge in [-0.05, 0) is 13.5 Å². The highest BCUT2D eigenvalue weighted by Crippen LogP contribution is 2.47. The second-order valence-corrected chi connectivity index (χ2v) is 4.84. The Kier molecular flexibility index (Phi) is 5.54. The van der Waals surface area contributed by atoms with Crippen LogP contribution in [0.4, 0.5) is 26.3 Å². The number of rotatable bonds is 5. The predicted molar refractivity (Wildman–Crippen MR) is 64.9 cm³/mol. The van der Waals surface area contributed by atoms with Gasteiger partial charge in [0.2, 0.25) is 0 Å². The highest BCUT2D eigenvalue weighted by Gasteiger charge is 2.61. The van der Waals surface area contributed by atoms with E-state index in [9.17, 15) is 26.3 Å². The summed E-state index contributed by atoms with van der Waals surface area (Å²) < 4.78 is 78.2. The number of alkyl halides is 6. The molecular formula is C11H14ClF6N3. The summed E-state index contributed by atoms with van der Waals surface area (Å²) >= 11 is 5.74. The van der Waals surface area contributed by atoms with Crippen molar-refractivity contribution in [3.63, 3.8) is 0 Å². The van der Waals surface area contributed by atoms with Crippen LogP contribution in [-0.2, 0) is 6.54 Å². The van der Waals surface area contributed by atoms with E-state index in [1.807, 2.05) is 0 Å². The monoisotopic (exact) mass is 337 g/mol. The van der Waals surface area contributed by atoms with Gasteiger partial charge in [-0.15, -0.1) is 0 Å². The molecule has 1 atom stereocenters. The molecule has 0 saturated carbocycles. The van der Waals surface area contributed by atoms with Gasteiger partial charge in [0.1, 0.15) is 0 Å². The van der Waals surface area contributed by atoms with Gasteiger partial charge in [0.15, 0.2) is 5.92 Å². The third-order valence-electron chi connectivity index (χ3n) is 2.91. The first-order valence-corrected chi connectivity index (χ1v) is 6.43. The molecule has 0 amide bonds. The smallest absolute Gasteiger partial charge is 0.311 e. The number of aryl methyl sites for hydroxylation is 1. The summed E-state index contributed by atoms with van der Waals surface area (Å²) in [6, 6.07) is -2.06. The minimum absolute atomic E-state index is 0.169. The zero-order valence-corrected chi connectivity index (χ0v) is 11.9. The van der Waals surface area contributed by atoms with Crippen molar-refractivity contribution in [1.82, 2.24) is 15.1 Å². The van der Waals surface area contributed by atoms with Gasteiger partial charge >= 0.3 is 12.4 Å². The second kappa shape index (κ2) is 6.43. The van der Waals surface area contributed by atoms with Gasteiger partial charge < -0.3 is 5.32 Å². The van der Waals surface area contributed by atoms with Crippen molar-refractivity contribution in [3.05, 3.63) is 16.9 Å². The quantitative estimate of drug-likeness (QED) is 0.825. The van der Waals surface area contributed by atoms with Crippen molar-refractivity contribution < 1.29 is 26.3 Å². The number of halogens is 7. The second-order valence-electron chi connectivity index (χ2n) is 4.43. The molecule has 1 aromatic rings. The van der Waals surface area contributed by atoms with E-state index in [0.717, 1.165) is 17.9 Å². The van der Waals surface area contributed by atoms with E-state index in [1.165, 1.54) is 0 Å². The van der Waals surface area contributed by atoms with E-state index in [0.29, 0.717) is 6.42 Å². The standard InChI is InChI=1S/C11H14ClF6N3/c1-3-4-21-8(6(12)5-20-21)7(19-2)9(10(13,14)15)11(16,17)18/h5,7,9,19H,3-4H2,1-2H3. The molecular weight excluding hydrogens is 324 g/mol. The van der Waals surface area contributed by atoms with E-state index < -0.39 is 24.3 Å². The fourth-order valence-electron chi connectivity index (χ4n) is 2.10. The van der Waals surface area contributed by atoms with Crippen LogP contribution in [0, 0.1) is 5.92 Å². The minimum atomic E-state index is -5.46. The van der Waals surface area contributed by atoms with Crippen molar-refractivity contribution in [3.8, 4) is 0 Å². The van der Waals surface area contributed by atoms with Crippen LogP contribution in [0.1, 0.15) is 25.1 Å². The largest absolute Gasteiger partial charge is 0.402 e. The summed E-state index contributed by atoms with van der Waals surface area (Å²) in [4.78, 5) is 0. The normalized spacial score (nSPS) is 14.8. The number of nitrogens with zero attached hydrogens (tertiary/aromatic N) is 2. The molecule has 10 heteroatoms. The number of hydrogen-bond acceptors (Lipinski definition) is 2. The Hall–Kier alpha value is -0.960. The Balaban J connectivity index is 3.37. The Morgan fingerprint density at radius 1 is 1.24 bits per heavy atom. The maximum absolute atomic E-state index is 12.9. The summed E-state index contributed by atoms with van der Waals surface area (Å²) in [7, 11) is 1.02. The molecule has 0 bridgehead atoms. The molecule has 0 aliphatic rings. The molecule has 1 rings (SSSR count). The summed E-state index contributed by atoms with van der Waals surface area (Å²) in [5.41, 5.74) is -0.319. The van der Waals surface area contributed by atoms with Gasteiger partial charge in [-0.1, -0.05) is 18.5 Å². The van der Waals surface area contributed by atoms with Gasteiger partial charge in [-0.2, -0.15) is 31.4 Å². The van der Waals surface area contributed by atoms with Crippen LogP contribution < -0.4 is 5.32 Å². The van der Waals surface area contributed by atoms with Crippen LogP contribution in [0.15, 0.2) is 6.20 Å². The molecule has 122 valence electrons. The molecule has 1 N–H and O–H groups in total. The molecule has 0 aliphatic carbocycles. The minimum Gasteiger partial charge on any atom is -0.311 e. The van der Waals surface area contributed by atoms with E-state index in [2.05, 4.69) is 10.4 Å². The van der Waals surface area contributed by atoms with Crippen molar-refractivity contribution in [2.24, 2.45) is 5.92 Å². The van der Waals surface area contributed by atoms with Gasteiger partial charge in [0.25, 0.3) is 0 Å². The molecule has 0 aromatic carbocycles. The van der Waals surface area contributed by atoms with Gasteiger partial charge in [-0.3, -0.25) is 4.68 Å². The molecule has 1 heterocycles. The summed E-state index contributed by atoms with van der Waals surface area (Å²) in [5.74, 6) is -3.57. The topological polar surface area (TPSA) is 29.9 Å². The molecule has 1 aromatic heterocycles. The summed E-state index contributed by atoms with van der Waals surface area (Å²) in [6.45, 7) is 1.89. The predicted octanol–water partition coefficient (Wildman–Crippen LogP) is 3.95. The first kappa shape index (κ1) is 18.1. The zero-order valence-electron chi connectivity index (χ0n) is 11.2. The molecule has 0 radical (unpaired) electrons. The molecule has 3 nitrogen and oxygen atoms in total. The lowest BCUT2D eigenvalue weighted by Crippen LogP contribution is -2.45. The lowest BCUT2D eigenvalue weighted by molar-refractivity contribution is -0.292. The lowest BCUT2D eigenvalue weighted by atomic mass is 9.95. The first-order chi connectivity index (χ1) is 9.54. The molecule has 1 unspecified atom stereocenters.